The average Bonchev–Trinajstić information content (AvgIpc) is 3.13. The molecule has 1 aromatic rings. The van der Waals surface area contributed by atoms with Gasteiger partial charge in [-0.25, -0.2) is 4.79 Å². The number of benzene rings is 1. The first kappa shape index (κ1) is 16.4. The molecule has 9 heteroatoms. The molecule has 0 radical (unpaired) electrons. The number of nitrogens with zero attached hydrogens (tertiary/aromatic N) is 1. The molecule has 130 valence electrons. The third-order valence-electron chi connectivity index (χ3n) is 4.29. The van der Waals surface area contributed by atoms with Gasteiger partial charge in [0.2, 0.25) is 0 Å². The quantitative estimate of drug-likeness (QED) is 0.863. The predicted molar refractivity (Wildman–Crippen MR) is 76.9 cm³/mol. The van der Waals surface area contributed by atoms with E-state index < -0.39 is 43.1 Å². The van der Waals surface area contributed by atoms with Gasteiger partial charge in [-0.05, 0) is 23.8 Å². The molecule has 1 aromatic carbocycles. The Hall–Kier alpha value is -2.45. The second-order valence-electron chi connectivity index (χ2n) is 5.85. The number of carbonyl (C=O) groups excluding carboxylic acids is 1. The minimum absolute atomic E-state index is 0.437. The molecule has 6 nitrogen and oxygen atoms in total. The lowest BCUT2D eigenvalue weighted by Crippen LogP contribution is -2.35. The molecule has 0 saturated carbocycles. The van der Waals surface area contributed by atoms with E-state index in [4.69, 9.17) is 9.84 Å². The smallest absolute Gasteiger partial charge is 0.394 e. The number of amides is 2. The van der Waals surface area contributed by atoms with Gasteiger partial charge in [-0.2, -0.15) is 13.2 Å². The summed E-state index contributed by atoms with van der Waals surface area (Å²) < 4.78 is 44.2. The predicted octanol–water partition coefficient (Wildman–Crippen LogP) is 2.35. The Kier molecular flexibility index (Phi) is 4.02. The molecule has 0 bridgehead atoms. The highest BCUT2D eigenvalue weighted by molar-refractivity contribution is 5.90. The number of carbonyl (C=O) groups is 2. The van der Waals surface area contributed by atoms with Crippen molar-refractivity contribution in [1.82, 2.24) is 4.90 Å². The lowest BCUT2D eigenvalue weighted by Gasteiger charge is -2.19. The molecule has 2 atom stereocenters. The summed E-state index contributed by atoms with van der Waals surface area (Å²) in [7, 11) is 0. The first-order valence-corrected chi connectivity index (χ1v) is 7.37. The molecular weight excluding hydrogens is 329 g/mol. The maximum absolute atomic E-state index is 12.9. The second kappa shape index (κ2) is 5.88. The lowest BCUT2D eigenvalue weighted by atomic mass is 9.96. The molecule has 2 heterocycles. The number of halogens is 3. The highest BCUT2D eigenvalue weighted by atomic mass is 19.4. The van der Waals surface area contributed by atoms with Gasteiger partial charge in [0.05, 0.1) is 18.4 Å². The van der Waals surface area contributed by atoms with Crippen LogP contribution in [0.4, 0.5) is 23.7 Å². The van der Waals surface area contributed by atoms with E-state index in [1.54, 1.807) is 18.2 Å². The SMILES string of the molecule is O=C(O)[C@@H]1CN(C(=O)Nc2ccc3c(c2)CCO3)C[C@H]1C(F)(F)F. The van der Waals surface area contributed by atoms with Crippen molar-refractivity contribution < 1.29 is 32.6 Å². The number of nitrogens with one attached hydrogen (secondary N) is 1. The molecule has 0 unspecified atom stereocenters. The number of likely N-dealkylation sites (tertiary alicyclic amines) is 1. The Morgan fingerprint density at radius 2 is 2.04 bits per heavy atom. The summed E-state index contributed by atoms with van der Waals surface area (Å²) in [5.41, 5.74) is 1.34. The van der Waals surface area contributed by atoms with Crippen LogP contribution in [0.3, 0.4) is 0 Å². The zero-order chi connectivity index (χ0) is 17.5. The largest absolute Gasteiger partial charge is 0.493 e. The maximum atomic E-state index is 12.9. The van der Waals surface area contributed by atoms with Gasteiger partial charge >= 0.3 is 18.2 Å². The molecule has 0 aromatic heterocycles. The summed E-state index contributed by atoms with van der Waals surface area (Å²) in [5, 5.41) is 11.5. The molecule has 2 aliphatic heterocycles. The zero-order valence-corrected chi connectivity index (χ0v) is 12.5. The third kappa shape index (κ3) is 3.10. The summed E-state index contributed by atoms with van der Waals surface area (Å²) in [6.07, 6.45) is -3.97. The number of hydrogen-bond donors (Lipinski definition) is 2. The van der Waals surface area contributed by atoms with Crippen molar-refractivity contribution in [2.24, 2.45) is 11.8 Å². The van der Waals surface area contributed by atoms with E-state index in [0.29, 0.717) is 18.7 Å². The number of urea groups is 1. The third-order valence-corrected chi connectivity index (χ3v) is 4.29. The van der Waals surface area contributed by atoms with Crippen molar-refractivity contribution >= 4 is 17.7 Å². The van der Waals surface area contributed by atoms with Crippen LogP contribution < -0.4 is 10.1 Å². The Labute approximate surface area is 135 Å². The summed E-state index contributed by atoms with van der Waals surface area (Å²) in [4.78, 5) is 24.1. The highest BCUT2D eigenvalue weighted by Gasteiger charge is 2.53. The molecular formula is C15H15F3N2O4. The van der Waals surface area contributed by atoms with Gasteiger partial charge in [-0.15, -0.1) is 0 Å². The minimum Gasteiger partial charge on any atom is -0.493 e. The first-order chi connectivity index (χ1) is 11.3. The van der Waals surface area contributed by atoms with E-state index in [9.17, 15) is 22.8 Å². The molecule has 0 spiro atoms. The molecule has 1 saturated heterocycles. The molecule has 2 amide bonds. The number of alkyl halides is 3. The Balaban J connectivity index is 1.70. The number of carboxylic acid groups (broad SMARTS) is 1. The van der Waals surface area contributed by atoms with Gasteiger partial charge in [0.1, 0.15) is 5.75 Å². The van der Waals surface area contributed by atoms with Gasteiger partial charge in [0, 0.05) is 25.2 Å². The average molecular weight is 344 g/mol. The fourth-order valence-electron chi connectivity index (χ4n) is 3.02. The summed E-state index contributed by atoms with van der Waals surface area (Å²) >= 11 is 0. The van der Waals surface area contributed by atoms with Crippen molar-refractivity contribution in [3.8, 4) is 5.75 Å². The van der Waals surface area contributed by atoms with Crippen LogP contribution in [0, 0.1) is 11.8 Å². The number of ether oxygens (including phenoxy) is 1. The van der Waals surface area contributed by atoms with Gasteiger partial charge in [-0.1, -0.05) is 0 Å². The van der Waals surface area contributed by atoms with Crippen molar-refractivity contribution in [2.75, 3.05) is 25.0 Å². The Morgan fingerprint density at radius 1 is 1.29 bits per heavy atom. The van der Waals surface area contributed by atoms with Crippen LogP contribution in [0.15, 0.2) is 18.2 Å². The lowest BCUT2D eigenvalue weighted by molar-refractivity contribution is -0.187. The van der Waals surface area contributed by atoms with E-state index in [2.05, 4.69) is 5.32 Å². The van der Waals surface area contributed by atoms with E-state index in [-0.39, 0.29) is 0 Å². The van der Waals surface area contributed by atoms with Gasteiger partial charge in [-0.3, -0.25) is 4.79 Å². The van der Waals surface area contributed by atoms with E-state index >= 15 is 0 Å². The van der Waals surface area contributed by atoms with Crippen LogP contribution in [0.2, 0.25) is 0 Å². The van der Waals surface area contributed by atoms with E-state index in [1.165, 1.54) is 0 Å². The number of aliphatic carboxylic acids is 1. The highest BCUT2D eigenvalue weighted by Crippen LogP contribution is 2.38. The standard InChI is InChI=1S/C15H15F3N2O4/c16-15(17,18)11-7-20(6-10(11)13(21)22)14(23)19-9-1-2-12-8(5-9)3-4-24-12/h1-2,5,10-11H,3-4,6-7H2,(H,19,23)(H,21,22)/t10-,11-/m1/s1. The van der Waals surface area contributed by atoms with Crippen molar-refractivity contribution in [2.45, 2.75) is 12.6 Å². The topological polar surface area (TPSA) is 78.9 Å². The Bertz CT molecular complexity index is 677. The summed E-state index contributed by atoms with van der Waals surface area (Å²) in [5.74, 6) is -4.54. The number of carboxylic acids is 1. The van der Waals surface area contributed by atoms with Crippen LogP contribution in [0.25, 0.3) is 0 Å². The van der Waals surface area contributed by atoms with Crippen LogP contribution in [-0.2, 0) is 11.2 Å². The number of fused-ring (bicyclic) bond motifs is 1. The van der Waals surface area contributed by atoms with Gasteiger partial charge in [0.15, 0.2) is 0 Å². The summed E-state index contributed by atoms with van der Waals surface area (Å²) in [6.45, 7) is -0.591. The maximum Gasteiger partial charge on any atom is 0.394 e. The number of anilines is 1. The molecule has 0 aliphatic carbocycles. The van der Waals surface area contributed by atoms with Gasteiger partial charge in [0.25, 0.3) is 0 Å². The van der Waals surface area contributed by atoms with Crippen LogP contribution >= 0.6 is 0 Å². The molecule has 3 rings (SSSR count). The van der Waals surface area contributed by atoms with Crippen molar-refractivity contribution in [1.29, 1.82) is 0 Å². The Morgan fingerprint density at radius 3 is 2.67 bits per heavy atom. The number of rotatable bonds is 2. The van der Waals surface area contributed by atoms with Crippen LogP contribution in [-0.4, -0.2) is 47.9 Å². The molecule has 2 N–H and O–H groups in total. The molecule has 2 aliphatic rings. The normalized spacial score (nSPS) is 22.9. The van der Waals surface area contributed by atoms with E-state index in [1.807, 2.05) is 0 Å². The number of hydrogen-bond acceptors (Lipinski definition) is 3. The fraction of sp³-hybridized carbons (Fsp3) is 0.467. The molecule has 1 fully saturated rings. The molecule has 24 heavy (non-hydrogen) atoms. The fourth-order valence-corrected chi connectivity index (χ4v) is 3.02. The second-order valence-corrected chi connectivity index (χ2v) is 5.85. The zero-order valence-electron chi connectivity index (χ0n) is 12.5. The minimum atomic E-state index is -4.66. The van der Waals surface area contributed by atoms with Crippen LogP contribution in [0.1, 0.15) is 5.56 Å². The van der Waals surface area contributed by atoms with Crippen molar-refractivity contribution in [3.05, 3.63) is 23.8 Å². The van der Waals surface area contributed by atoms with Crippen LogP contribution in [0.5, 0.6) is 5.75 Å². The monoisotopic (exact) mass is 344 g/mol. The van der Waals surface area contributed by atoms with E-state index in [0.717, 1.165) is 16.2 Å². The summed E-state index contributed by atoms with van der Waals surface area (Å²) in [6, 6.07) is 4.23. The van der Waals surface area contributed by atoms with Crippen molar-refractivity contribution in [3.63, 3.8) is 0 Å². The first-order valence-electron chi connectivity index (χ1n) is 7.37. The van der Waals surface area contributed by atoms with Gasteiger partial charge < -0.3 is 20.1 Å².